The average Bonchev–Trinajstić information content (AvgIpc) is 2.87. The van der Waals surface area contributed by atoms with Crippen LogP contribution in [0.2, 0.25) is 0 Å². The first-order valence-corrected chi connectivity index (χ1v) is 11.9. The highest BCUT2D eigenvalue weighted by Gasteiger charge is 2.15. The lowest BCUT2D eigenvalue weighted by Gasteiger charge is -2.18. The number of amides is 1. The molecule has 1 amide bonds. The van der Waals surface area contributed by atoms with E-state index in [1.807, 2.05) is 44.2 Å². The van der Waals surface area contributed by atoms with E-state index in [1.165, 1.54) is 0 Å². The van der Waals surface area contributed by atoms with Gasteiger partial charge in [-0.25, -0.2) is 4.79 Å². The van der Waals surface area contributed by atoms with Gasteiger partial charge in [-0.15, -0.1) is 0 Å². The summed E-state index contributed by atoms with van der Waals surface area (Å²) in [6.45, 7) is 11.4. The Labute approximate surface area is 207 Å². The molecule has 0 unspecified atom stereocenters. The van der Waals surface area contributed by atoms with Crippen LogP contribution >= 0.6 is 0 Å². The molecule has 0 bridgehead atoms. The normalized spacial score (nSPS) is 10.9. The van der Waals surface area contributed by atoms with E-state index in [0.717, 1.165) is 48.1 Å². The van der Waals surface area contributed by atoms with Gasteiger partial charge in [0, 0.05) is 29.9 Å². The monoisotopic (exact) mass is 481 g/mol. The molecule has 1 aromatic heterocycles. The number of anilines is 1. The van der Waals surface area contributed by atoms with E-state index in [1.54, 1.807) is 20.4 Å². The second-order valence-electron chi connectivity index (χ2n) is 8.14. The molecule has 0 fully saturated rings. The van der Waals surface area contributed by atoms with Gasteiger partial charge in [0.1, 0.15) is 11.5 Å². The predicted octanol–water partition coefficient (Wildman–Crippen LogP) is 5.94. The van der Waals surface area contributed by atoms with Gasteiger partial charge in [-0.2, -0.15) is 0 Å². The molecule has 8 heteroatoms. The van der Waals surface area contributed by atoms with Gasteiger partial charge in [0.15, 0.2) is 11.5 Å². The topological polar surface area (TPSA) is 82.2 Å². The van der Waals surface area contributed by atoms with Crippen LogP contribution in [0, 0.1) is 13.8 Å². The van der Waals surface area contributed by atoms with Crippen molar-refractivity contribution in [2.45, 2.75) is 34.1 Å². The van der Waals surface area contributed by atoms with Gasteiger partial charge in [-0.1, -0.05) is 13.8 Å². The molecule has 0 saturated heterocycles. The Hall–Kier alpha value is -3.52. The number of aromatic nitrogens is 1. The van der Waals surface area contributed by atoms with Crippen LogP contribution in [-0.4, -0.2) is 56.4 Å². The number of pyridine rings is 1. The van der Waals surface area contributed by atoms with Crippen molar-refractivity contribution in [3.8, 4) is 23.0 Å². The Morgan fingerprint density at radius 1 is 0.943 bits per heavy atom. The zero-order valence-electron chi connectivity index (χ0n) is 21.4. The highest BCUT2D eigenvalue weighted by Crippen LogP contribution is 2.38. The molecule has 0 radical (unpaired) electrons. The van der Waals surface area contributed by atoms with Gasteiger partial charge in [0.05, 0.1) is 26.3 Å². The second kappa shape index (κ2) is 12.3. The Morgan fingerprint density at radius 2 is 1.66 bits per heavy atom. The van der Waals surface area contributed by atoms with Crippen LogP contribution in [0.15, 0.2) is 36.5 Å². The molecule has 188 valence electrons. The summed E-state index contributed by atoms with van der Waals surface area (Å²) in [7, 11) is 3.18. The zero-order chi connectivity index (χ0) is 25.4. The SMILES string of the molecule is CCN(CC)CCCOC(=O)Nc1ccc(Oc2ccnc3cc(OC)c(OC)cc23)c(C)c1C. The summed E-state index contributed by atoms with van der Waals surface area (Å²) in [5.41, 5.74) is 3.24. The number of nitrogens with zero attached hydrogens (tertiary/aromatic N) is 2. The van der Waals surface area contributed by atoms with Gasteiger partial charge in [-0.05, 0) is 68.8 Å². The van der Waals surface area contributed by atoms with Gasteiger partial charge in [0.2, 0.25) is 0 Å². The first-order chi connectivity index (χ1) is 16.9. The standard InChI is InChI=1S/C27H35N3O5/c1-7-30(8-2)14-9-15-34-27(31)29-21-10-11-23(19(4)18(21)3)35-24-12-13-28-22-17-26(33-6)25(32-5)16-20(22)24/h10-13,16-17H,7-9,14-15H2,1-6H3,(H,29,31). The number of hydrogen-bond acceptors (Lipinski definition) is 7. The fraction of sp³-hybridized carbons (Fsp3) is 0.407. The van der Waals surface area contributed by atoms with Crippen LogP contribution in [0.3, 0.4) is 0 Å². The Balaban J connectivity index is 1.71. The van der Waals surface area contributed by atoms with E-state index in [4.69, 9.17) is 18.9 Å². The third-order valence-electron chi connectivity index (χ3n) is 6.15. The number of ether oxygens (including phenoxy) is 4. The summed E-state index contributed by atoms with van der Waals surface area (Å²) in [5, 5.41) is 3.65. The maximum Gasteiger partial charge on any atom is 0.411 e. The summed E-state index contributed by atoms with van der Waals surface area (Å²) in [4.78, 5) is 19.0. The largest absolute Gasteiger partial charge is 0.493 e. The average molecular weight is 482 g/mol. The lowest BCUT2D eigenvalue weighted by molar-refractivity contribution is 0.153. The number of fused-ring (bicyclic) bond motifs is 1. The number of hydrogen-bond donors (Lipinski definition) is 1. The fourth-order valence-electron chi connectivity index (χ4n) is 3.84. The zero-order valence-corrected chi connectivity index (χ0v) is 21.4. The van der Waals surface area contributed by atoms with E-state index >= 15 is 0 Å². The van der Waals surface area contributed by atoms with Crippen LogP contribution < -0.4 is 19.5 Å². The number of nitrogens with one attached hydrogen (secondary N) is 1. The summed E-state index contributed by atoms with van der Waals surface area (Å²) in [6.07, 6.45) is 2.04. The highest BCUT2D eigenvalue weighted by molar-refractivity contribution is 5.89. The third kappa shape index (κ3) is 6.33. The van der Waals surface area contributed by atoms with Crippen LogP contribution in [0.5, 0.6) is 23.0 Å². The lowest BCUT2D eigenvalue weighted by atomic mass is 10.1. The molecule has 0 aliphatic heterocycles. The fourth-order valence-corrected chi connectivity index (χ4v) is 3.84. The lowest BCUT2D eigenvalue weighted by Crippen LogP contribution is -2.25. The molecular formula is C27H35N3O5. The molecule has 1 N–H and O–H groups in total. The number of rotatable bonds is 11. The Morgan fingerprint density at radius 3 is 2.34 bits per heavy atom. The van der Waals surface area contributed by atoms with Crippen molar-refractivity contribution in [3.05, 3.63) is 47.7 Å². The van der Waals surface area contributed by atoms with Crippen molar-refractivity contribution in [2.75, 3.05) is 45.8 Å². The minimum atomic E-state index is -0.457. The summed E-state index contributed by atoms with van der Waals surface area (Å²) in [6, 6.07) is 9.14. The molecule has 35 heavy (non-hydrogen) atoms. The number of benzene rings is 2. The minimum absolute atomic E-state index is 0.380. The van der Waals surface area contributed by atoms with Crippen molar-refractivity contribution in [1.29, 1.82) is 0 Å². The molecule has 3 aromatic rings. The first-order valence-electron chi connectivity index (χ1n) is 11.9. The third-order valence-corrected chi connectivity index (χ3v) is 6.15. The molecule has 2 aromatic carbocycles. The molecule has 0 aliphatic rings. The first kappa shape index (κ1) is 26.1. The maximum atomic E-state index is 12.3. The smallest absolute Gasteiger partial charge is 0.411 e. The second-order valence-corrected chi connectivity index (χ2v) is 8.14. The molecule has 0 aliphatic carbocycles. The van der Waals surface area contributed by atoms with Crippen LogP contribution in [-0.2, 0) is 4.74 Å². The van der Waals surface area contributed by atoms with Crippen LogP contribution in [0.25, 0.3) is 10.9 Å². The van der Waals surface area contributed by atoms with Crippen LogP contribution in [0.4, 0.5) is 10.5 Å². The van der Waals surface area contributed by atoms with E-state index in [0.29, 0.717) is 35.3 Å². The molecule has 0 saturated carbocycles. The minimum Gasteiger partial charge on any atom is -0.493 e. The van der Waals surface area contributed by atoms with E-state index < -0.39 is 6.09 Å². The van der Waals surface area contributed by atoms with Crippen molar-refractivity contribution >= 4 is 22.7 Å². The van der Waals surface area contributed by atoms with Crippen molar-refractivity contribution in [3.63, 3.8) is 0 Å². The van der Waals surface area contributed by atoms with Gasteiger partial charge < -0.3 is 23.8 Å². The van der Waals surface area contributed by atoms with Gasteiger partial charge in [0.25, 0.3) is 0 Å². The maximum absolute atomic E-state index is 12.3. The molecule has 3 rings (SSSR count). The van der Waals surface area contributed by atoms with Crippen molar-refractivity contribution in [2.24, 2.45) is 0 Å². The van der Waals surface area contributed by atoms with Gasteiger partial charge in [-0.3, -0.25) is 10.3 Å². The number of methoxy groups -OCH3 is 2. The molecule has 0 atom stereocenters. The molecular weight excluding hydrogens is 446 g/mol. The number of carbonyl (C=O) groups is 1. The van der Waals surface area contributed by atoms with E-state index in [2.05, 4.69) is 29.0 Å². The van der Waals surface area contributed by atoms with E-state index in [9.17, 15) is 4.79 Å². The predicted molar refractivity (Wildman–Crippen MR) is 138 cm³/mol. The summed E-state index contributed by atoms with van der Waals surface area (Å²) in [5.74, 6) is 2.53. The van der Waals surface area contributed by atoms with Gasteiger partial charge >= 0.3 is 6.09 Å². The summed E-state index contributed by atoms with van der Waals surface area (Å²) < 4.78 is 22.5. The molecule has 8 nitrogen and oxygen atoms in total. The molecule has 1 heterocycles. The van der Waals surface area contributed by atoms with Crippen molar-refractivity contribution in [1.82, 2.24) is 9.88 Å². The molecule has 0 spiro atoms. The van der Waals surface area contributed by atoms with E-state index in [-0.39, 0.29) is 0 Å². The summed E-state index contributed by atoms with van der Waals surface area (Å²) >= 11 is 0. The Kier molecular flexibility index (Phi) is 9.14. The number of carbonyl (C=O) groups excluding carboxylic acids is 1. The Bertz CT molecular complexity index is 1160. The highest BCUT2D eigenvalue weighted by atomic mass is 16.5. The quantitative estimate of drug-likeness (QED) is 0.339. The van der Waals surface area contributed by atoms with Crippen LogP contribution in [0.1, 0.15) is 31.4 Å². The van der Waals surface area contributed by atoms with Crippen molar-refractivity contribution < 1.29 is 23.7 Å².